The molecule has 0 radical (unpaired) electrons. The van der Waals surface area contributed by atoms with Gasteiger partial charge in [0.25, 0.3) is 0 Å². The first-order chi connectivity index (χ1) is 11.7. The van der Waals surface area contributed by atoms with Crippen molar-refractivity contribution in [3.63, 3.8) is 0 Å². The van der Waals surface area contributed by atoms with E-state index in [-0.39, 0.29) is 10.7 Å². The normalized spacial score (nSPS) is 12.3. The molecule has 0 aromatic heterocycles. The number of urea groups is 1. The zero-order valence-corrected chi connectivity index (χ0v) is 15.1. The minimum absolute atomic E-state index is 0.0712. The molecule has 0 heterocycles. The number of carbonyl (C=O) groups is 1. The third kappa shape index (κ3) is 5.61. The molecule has 0 fully saturated rings. The van der Waals surface area contributed by atoms with Gasteiger partial charge in [0.05, 0.1) is 28.7 Å². The van der Waals surface area contributed by atoms with Crippen molar-refractivity contribution < 1.29 is 17.6 Å². The van der Waals surface area contributed by atoms with Gasteiger partial charge in [0, 0.05) is 0 Å². The standard InChI is InChI=1S/C16H17ClFN3O3S/c1-10(12-5-3-4-6-14(12)21-25(2,23)24)19-16(22)20-15-8-7-11(18)9-13(15)17/h3-10,21H,1-2H3,(H2,19,20,22). The van der Waals surface area contributed by atoms with Crippen LogP contribution in [0.5, 0.6) is 0 Å². The zero-order chi connectivity index (χ0) is 18.6. The molecular formula is C16H17ClFN3O3S. The highest BCUT2D eigenvalue weighted by atomic mass is 35.5. The Bertz CT molecular complexity index is 890. The van der Waals surface area contributed by atoms with Crippen LogP contribution in [0.3, 0.4) is 0 Å². The number of benzene rings is 2. The minimum atomic E-state index is -3.45. The molecule has 2 aromatic rings. The van der Waals surface area contributed by atoms with Crippen LogP contribution >= 0.6 is 11.6 Å². The van der Waals surface area contributed by atoms with E-state index in [2.05, 4.69) is 15.4 Å². The van der Waals surface area contributed by atoms with Gasteiger partial charge in [-0.05, 0) is 36.8 Å². The van der Waals surface area contributed by atoms with Crippen LogP contribution in [0.25, 0.3) is 0 Å². The molecule has 0 spiro atoms. The molecule has 9 heteroatoms. The SMILES string of the molecule is CC(NC(=O)Nc1ccc(F)cc1Cl)c1ccccc1NS(C)(=O)=O. The first kappa shape index (κ1) is 19.0. The molecule has 0 bridgehead atoms. The van der Waals surface area contributed by atoms with E-state index < -0.39 is 27.9 Å². The Hall–Kier alpha value is -2.32. The maximum atomic E-state index is 13.0. The Morgan fingerprint density at radius 1 is 1.16 bits per heavy atom. The zero-order valence-electron chi connectivity index (χ0n) is 13.5. The van der Waals surface area contributed by atoms with Crippen molar-refractivity contribution in [2.45, 2.75) is 13.0 Å². The molecule has 6 nitrogen and oxygen atoms in total. The van der Waals surface area contributed by atoms with Crippen molar-refractivity contribution in [2.75, 3.05) is 16.3 Å². The summed E-state index contributed by atoms with van der Waals surface area (Å²) in [5, 5.41) is 5.27. The Morgan fingerprint density at radius 3 is 2.48 bits per heavy atom. The number of sulfonamides is 1. The van der Waals surface area contributed by atoms with Gasteiger partial charge in [-0.15, -0.1) is 0 Å². The van der Waals surface area contributed by atoms with Crippen molar-refractivity contribution in [3.05, 3.63) is 58.9 Å². The van der Waals surface area contributed by atoms with Gasteiger partial charge in [-0.25, -0.2) is 17.6 Å². The highest BCUT2D eigenvalue weighted by Crippen LogP contribution is 2.25. The van der Waals surface area contributed by atoms with Crippen LogP contribution in [-0.4, -0.2) is 20.7 Å². The van der Waals surface area contributed by atoms with Gasteiger partial charge in [-0.2, -0.15) is 0 Å². The Labute approximate surface area is 150 Å². The second-order valence-electron chi connectivity index (χ2n) is 5.41. The summed E-state index contributed by atoms with van der Waals surface area (Å²) >= 11 is 5.87. The third-order valence-corrected chi connectivity index (χ3v) is 4.15. The molecule has 0 saturated heterocycles. The molecule has 2 amide bonds. The van der Waals surface area contributed by atoms with Crippen LogP contribution in [0.4, 0.5) is 20.6 Å². The molecule has 134 valence electrons. The number of hydrogen-bond acceptors (Lipinski definition) is 3. The van der Waals surface area contributed by atoms with E-state index in [0.717, 1.165) is 12.3 Å². The number of rotatable bonds is 5. The summed E-state index contributed by atoms with van der Waals surface area (Å²) in [4.78, 5) is 12.1. The van der Waals surface area contributed by atoms with Crippen LogP contribution in [-0.2, 0) is 10.0 Å². The maximum absolute atomic E-state index is 13.0. The first-order valence-corrected chi connectivity index (χ1v) is 9.52. The highest BCUT2D eigenvalue weighted by Gasteiger charge is 2.15. The van der Waals surface area contributed by atoms with Crippen molar-refractivity contribution >= 4 is 39.0 Å². The van der Waals surface area contributed by atoms with Crippen molar-refractivity contribution in [1.29, 1.82) is 0 Å². The fourth-order valence-electron chi connectivity index (χ4n) is 2.19. The van der Waals surface area contributed by atoms with Gasteiger partial charge in [0.2, 0.25) is 10.0 Å². The lowest BCUT2D eigenvalue weighted by Gasteiger charge is -2.19. The minimum Gasteiger partial charge on any atom is -0.331 e. The quantitative estimate of drug-likeness (QED) is 0.732. The highest BCUT2D eigenvalue weighted by molar-refractivity contribution is 7.92. The number of para-hydroxylation sites is 1. The van der Waals surface area contributed by atoms with E-state index in [1.807, 2.05) is 0 Å². The predicted molar refractivity (Wildman–Crippen MR) is 96.9 cm³/mol. The number of hydrogen-bond donors (Lipinski definition) is 3. The van der Waals surface area contributed by atoms with Gasteiger partial charge in [0.1, 0.15) is 5.82 Å². The van der Waals surface area contributed by atoms with Gasteiger partial charge in [0.15, 0.2) is 0 Å². The first-order valence-electron chi connectivity index (χ1n) is 7.25. The lowest BCUT2D eigenvalue weighted by Crippen LogP contribution is -2.31. The van der Waals surface area contributed by atoms with Gasteiger partial charge in [-0.1, -0.05) is 29.8 Å². The van der Waals surface area contributed by atoms with E-state index in [0.29, 0.717) is 11.3 Å². The molecule has 0 saturated carbocycles. The van der Waals surface area contributed by atoms with E-state index in [1.54, 1.807) is 31.2 Å². The average molecular weight is 386 g/mol. The second-order valence-corrected chi connectivity index (χ2v) is 7.56. The monoisotopic (exact) mass is 385 g/mol. The van der Waals surface area contributed by atoms with Crippen LogP contribution < -0.4 is 15.4 Å². The Morgan fingerprint density at radius 2 is 1.84 bits per heavy atom. The molecule has 2 rings (SSSR count). The van der Waals surface area contributed by atoms with Crippen LogP contribution in [0.1, 0.15) is 18.5 Å². The summed E-state index contributed by atoms with van der Waals surface area (Å²) in [7, 11) is -3.45. The van der Waals surface area contributed by atoms with Crippen LogP contribution in [0, 0.1) is 5.82 Å². The summed E-state index contributed by atoms with van der Waals surface area (Å²) in [5.41, 5.74) is 1.22. The van der Waals surface area contributed by atoms with E-state index >= 15 is 0 Å². The molecule has 0 aliphatic rings. The predicted octanol–water partition coefficient (Wildman–Crippen LogP) is 3.73. The van der Waals surface area contributed by atoms with Crippen LogP contribution in [0.2, 0.25) is 5.02 Å². The summed E-state index contributed by atoms with van der Waals surface area (Å²) < 4.78 is 38.3. The number of halogens is 2. The van der Waals surface area contributed by atoms with Crippen molar-refractivity contribution in [2.24, 2.45) is 0 Å². The molecule has 2 aromatic carbocycles. The van der Waals surface area contributed by atoms with Crippen molar-refractivity contribution in [3.8, 4) is 0 Å². The fourth-order valence-corrected chi connectivity index (χ4v) is 2.99. The van der Waals surface area contributed by atoms with Crippen molar-refractivity contribution in [1.82, 2.24) is 5.32 Å². The van der Waals surface area contributed by atoms with Gasteiger partial charge < -0.3 is 10.6 Å². The number of nitrogens with one attached hydrogen (secondary N) is 3. The fraction of sp³-hybridized carbons (Fsp3) is 0.188. The van der Waals surface area contributed by atoms with Gasteiger partial charge >= 0.3 is 6.03 Å². The topological polar surface area (TPSA) is 87.3 Å². The second kappa shape index (κ2) is 7.71. The average Bonchev–Trinajstić information content (AvgIpc) is 2.49. The van der Waals surface area contributed by atoms with Crippen LogP contribution in [0.15, 0.2) is 42.5 Å². The lowest BCUT2D eigenvalue weighted by molar-refractivity contribution is 0.249. The molecule has 25 heavy (non-hydrogen) atoms. The lowest BCUT2D eigenvalue weighted by atomic mass is 10.1. The number of amides is 2. The third-order valence-electron chi connectivity index (χ3n) is 3.25. The van der Waals surface area contributed by atoms with E-state index in [9.17, 15) is 17.6 Å². The van der Waals surface area contributed by atoms with E-state index in [4.69, 9.17) is 11.6 Å². The molecule has 3 N–H and O–H groups in total. The largest absolute Gasteiger partial charge is 0.331 e. The summed E-state index contributed by atoms with van der Waals surface area (Å²) in [6.45, 7) is 1.70. The Kier molecular flexibility index (Phi) is 5.86. The summed E-state index contributed by atoms with van der Waals surface area (Å²) in [6, 6.07) is 9.27. The molecule has 0 aliphatic carbocycles. The molecular weight excluding hydrogens is 369 g/mol. The molecule has 0 aliphatic heterocycles. The number of anilines is 2. The number of carbonyl (C=O) groups excluding carboxylic acids is 1. The molecule has 1 atom stereocenters. The summed E-state index contributed by atoms with van der Waals surface area (Å²) in [6.07, 6.45) is 1.05. The smallest absolute Gasteiger partial charge is 0.319 e. The maximum Gasteiger partial charge on any atom is 0.319 e. The summed E-state index contributed by atoms with van der Waals surface area (Å²) in [5.74, 6) is -0.509. The molecule has 1 unspecified atom stereocenters. The van der Waals surface area contributed by atoms with E-state index in [1.165, 1.54) is 12.1 Å². The van der Waals surface area contributed by atoms with Gasteiger partial charge in [-0.3, -0.25) is 4.72 Å². The Balaban J connectivity index is 2.11.